The zero-order chi connectivity index (χ0) is 22.1. The quantitative estimate of drug-likeness (QED) is 0.368. The van der Waals surface area contributed by atoms with E-state index in [2.05, 4.69) is 4.98 Å². The highest BCUT2D eigenvalue weighted by atomic mass is 35.5. The summed E-state index contributed by atoms with van der Waals surface area (Å²) in [5, 5.41) is 10.8. The van der Waals surface area contributed by atoms with Crippen molar-refractivity contribution in [2.24, 2.45) is 0 Å². The van der Waals surface area contributed by atoms with Crippen molar-refractivity contribution in [1.82, 2.24) is 4.98 Å². The van der Waals surface area contributed by atoms with Crippen LogP contribution in [-0.4, -0.2) is 28.9 Å². The lowest BCUT2D eigenvalue weighted by Gasteiger charge is -2.26. The van der Waals surface area contributed by atoms with Gasteiger partial charge in [-0.25, -0.2) is 4.39 Å². The van der Waals surface area contributed by atoms with Crippen LogP contribution in [0.15, 0.2) is 72.6 Å². The van der Waals surface area contributed by atoms with Gasteiger partial charge in [-0.2, -0.15) is 0 Å². The Morgan fingerprint density at radius 3 is 2.55 bits per heavy atom. The number of carbonyl (C=O) groups is 2. The van der Waals surface area contributed by atoms with Crippen molar-refractivity contribution in [3.63, 3.8) is 0 Å². The van der Waals surface area contributed by atoms with Crippen molar-refractivity contribution in [2.45, 2.75) is 6.04 Å². The summed E-state index contributed by atoms with van der Waals surface area (Å²) in [6.45, 7) is 0. The van der Waals surface area contributed by atoms with Gasteiger partial charge in [-0.1, -0.05) is 23.7 Å². The van der Waals surface area contributed by atoms with E-state index >= 15 is 0 Å². The third kappa shape index (κ3) is 3.64. The number of amides is 1. The zero-order valence-electron chi connectivity index (χ0n) is 16.3. The highest BCUT2D eigenvalue weighted by Crippen LogP contribution is 2.43. The van der Waals surface area contributed by atoms with E-state index in [0.29, 0.717) is 16.9 Å². The molecule has 31 heavy (non-hydrogen) atoms. The normalized spacial score (nSPS) is 17.8. The first kappa shape index (κ1) is 20.6. The van der Waals surface area contributed by atoms with Crippen molar-refractivity contribution in [3.05, 3.63) is 94.5 Å². The second-order valence-electron chi connectivity index (χ2n) is 6.78. The molecular formula is C23H16ClFN2O4. The number of ketones is 1. The van der Waals surface area contributed by atoms with Crippen molar-refractivity contribution in [2.75, 3.05) is 12.0 Å². The van der Waals surface area contributed by atoms with E-state index in [1.165, 1.54) is 48.7 Å². The molecule has 1 N–H and O–H groups in total. The van der Waals surface area contributed by atoms with Gasteiger partial charge in [-0.05, 0) is 48.0 Å². The molecule has 0 spiro atoms. The summed E-state index contributed by atoms with van der Waals surface area (Å²) in [6.07, 6.45) is 2.93. The SMILES string of the molecule is COc1cccc(C2/C(=C(\O)c3ccncc3)C(=O)C(=O)N2c2ccc(F)c(Cl)c2)c1. The summed E-state index contributed by atoms with van der Waals surface area (Å²) in [4.78, 5) is 31.2. The molecule has 8 heteroatoms. The highest BCUT2D eigenvalue weighted by Gasteiger charge is 2.47. The molecule has 1 fully saturated rings. The van der Waals surface area contributed by atoms with Crippen molar-refractivity contribution in [3.8, 4) is 5.75 Å². The first-order chi connectivity index (χ1) is 14.9. The number of rotatable bonds is 4. The lowest BCUT2D eigenvalue weighted by Crippen LogP contribution is -2.29. The van der Waals surface area contributed by atoms with Crippen LogP contribution in [0.2, 0.25) is 5.02 Å². The van der Waals surface area contributed by atoms with Crippen LogP contribution < -0.4 is 9.64 Å². The maximum atomic E-state index is 13.7. The van der Waals surface area contributed by atoms with Crippen LogP contribution in [0.25, 0.3) is 5.76 Å². The summed E-state index contributed by atoms with van der Waals surface area (Å²) in [7, 11) is 1.49. The smallest absolute Gasteiger partial charge is 0.300 e. The van der Waals surface area contributed by atoms with Gasteiger partial charge in [-0.3, -0.25) is 19.5 Å². The van der Waals surface area contributed by atoms with E-state index in [1.807, 2.05) is 0 Å². The minimum atomic E-state index is -0.982. The van der Waals surface area contributed by atoms with E-state index < -0.39 is 23.5 Å². The summed E-state index contributed by atoms with van der Waals surface area (Å²) in [6, 6.07) is 12.6. The lowest BCUT2D eigenvalue weighted by atomic mass is 9.95. The number of halogens is 2. The molecule has 1 amide bonds. The number of aliphatic hydroxyl groups excluding tert-OH is 1. The number of aliphatic hydroxyl groups is 1. The average molecular weight is 439 g/mol. The summed E-state index contributed by atoms with van der Waals surface area (Å²) in [5.41, 5.74) is 0.965. The van der Waals surface area contributed by atoms with Gasteiger partial charge in [0.2, 0.25) is 0 Å². The number of hydrogen-bond acceptors (Lipinski definition) is 5. The second-order valence-corrected chi connectivity index (χ2v) is 7.19. The van der Waals surface area contributed by atoms with Gasteiger partial charge in [0.05, 0.1) is 23.7 Å². The summed E-state index contributed by atoms with van der Waals surface area (Å²) < 4.78 is 19.0. The molecular weight excluding hydrogens is 423 g/mol. The van der Waals surface area contributed by atoms with Gasteiger partial charge in [0, 0.05) is 23.6 Å². The monoisotopic (exact) mass is 438 g/mol. The molecule has 6 nitrogen and oxygen atoms in total. The molecule has 1 aliphatic heterocycles. The molecule has 0 bridgehead atoms. The average Bonchev–Trinajstić information content (AvgIpc) is 3.06. The topological polar surface area (TPSA) is 79.7 Å². The van der Waals surface area contributed by atoms with Crippen molar-refractivity contribution < 1.29 is 23.8 Å². The Labute approximate surface area is 182 Å². The third-order valence-corrected chi connectivity index (χ3v) is 5.28. The van der Waals surface area contributed by atoms with Gasteiger partial charge >= 0.3 is 0 Å². The zero-order valence-corrected chi connectivity index (χ0v) is 17.0. The predicted molar refractivity (Wildman–Crippen MR) is 113 cm³/mol. The van der Waals surface area contributed by atoms with Crippen LogP contribution in [0.1, 0.15) is 17.2 Å². The predicted octanol–water partition coefficient (Wildman–Crippen LogP) is 4.51. The van der Waals surface area contributed by atoms with Crippen LogP contribution in [0.3, 0.4) is 0 Å². The third-order valence-electron chi connectivity index (χ3n) is 4.99. The Morgan fingerprint density at radius 2 is 1.87 bits per heavy atom. The van der Waals surface area contributed by atoms with Gasteiger partial charge in [-0.15, -0.1) is 0 Å². The molecule has 0 aliphatic carbocycles. The van der Waals surface area contributed by atoms with Crippen LogP contribution in [0, 0.1) is 5.82 Å². The molecule has 0 radical (unpaired) electrons. The van der Waals surface area contributed by atoms with Crippen LogP contribution in [0.4, 0.5) is 10.1 Å². The number of anilines is 1. The molecule has 2 aromatic carbocycles. The fourth-order valence-corrected chi connectivity index (χ4v) is 3.70. The minimum Gasteiger partial charge on any atom is -0.507 e. The molecule has 4 rings (SSSR count). The Kier molecular flexibility index (Phi) is 5.44. The molecule has 156 valence electrons. The fourth-order valence-electron chi connectivity index (χ4n) is 3.53. The molecule has 1 unspecified atom stereocenters. The Balaban J connectivity index is 1.97. The van der Waals surface area contributed by atoms with Crippen LogP contribution in [0.5, 0.6) is 5.75 Å². The molecule has 1 saturated heterocycles. The first-order valence-electron chi connectivity index (χ1n) is 9.22. The lowest BCUT2D eigenvalue weighted by molar-refractivity contribution is -0.132. The van der Waals surface area contributed by atoms with Gasteiger partial charge < -0.3 is 9.84 Å². The van der Waals surface area contributed by atoms with Gasteiger partial charge in [0.1, 0.15) is 17.3 Å². The van der Waals surface area contributed by atoms with E-state index in [1.54, 1.807) is 24.3 Å². The summed E-state index contributed by atoms with van der Waals surface area (Å²) in [5.74, 6) is -2.24. The van der Waals surface area contributed by atoms with Crippen molar-refractivity contribution >= 4 is 34.7 Å². The number of Topliss-reactive ketones (excluding diaryl/α,β-unsaturated/α-hetero) is 1. The molecule has 3 aromatic rings. The number of nitrogens with zero attached hydrogens (tertiary/aromatic N) is 2. The Bertz CT molecular complexity index is 1210. The molecule has 1 aliphatic rings. The largest absolute Gasteiger partial charge is 0.507 e. The fraction of sp³-hybridized carbons (Fsp3) is 0.0870. The van der Waals surface area contributed by atoms with Crippen LogP contribution >= 0.6 is 11.6 Å². The number of pyridine rings is 1. The number of hydrogen-bond donors (Lipinski definition) is 1. The maximum Gasteiger partial charge on any atom is 0.300 e. The standard InChI is InChI=1S/C23H16ClFN2O4/c1-31-16-4-2-3-14(11-16)20-19(21(28)13-7-9-26-10-8-13)22(29)23(30)27(20)15-5-6-18(25)17(24)12-15/h2-12,20,28H,1H3/b21-19+. The molecule has 1 aromatic heterocycles. The number of ether oxygens (including phenoxy) is 1. The Hall–Kier alpha value is -3.71. The second kappa shape index (κ2) is 8.20. The molecule has 2 heterocycles. The molecule has 0 saturated carbocycles. The minimum absolute atomic E-state index is 0.107. The number of aromatic nitrogens is 1. The van der Waals surface area contributed by atoms with E-state index in [-0.39, 0.29) is 22.0 Å². The van der Waals surface area contributed by atoms with E-state index in [0.717, 1.165) is 6.07 Å². The van der Waals surface area contributed by atoms with E-state index in [9.17, 15) is 19.1 Å². The number of benzene rings is 2. The molecule has 1 atom stereocenters. The van der Waals surface area contributed by atoms with Gasteiger partial charge in [0.25, 0.3) is 11.7 Å². The maximum absolute atomic E-state index is 13.7. The highest BCUT2D eigenvalue weighted by molar-refractivity contribution is 6.51. The van der Waals surface area contributed by atoms with Gasteiger partial charge in [0.15, 0.2) is 0 Å². The van der Waals surface area contributed by atoms with Crippen LogP contribution in [-0.2, 0) is 9.59 Å². The Morgan fingerprint density at radius 1 is 1.13 bits per heavy atom. The summed E-state index contributed by atoms with van der Waals surface area (Å²) >= 11 is 5.93. The number of methoxy groups -OCH3 is 1. The first-order valence-corrected chi connectivity index (χ1v) is 9.60. The van der Waals surface area contributed by atoms with Crippen molar-refractivity contribution in [1.29, 1.82) is 0 Å². The number of carbonyl (C=O) groups excluding carboxylic acids is 2. The van der Waals surface area contributed by atoms with E-state index in [4.69, 9.17) is 16.3 Å².